The van der Waals surface area contributed by atoms with E-state index >= 15 is 0 Å². The van der Waals surface area contributed by atoms with Gasteiger partial charge in [-0.3, -0.25) is 9.59 Å². The van der Waals surface area contributed by atoms with E-state index in [1.165, 1.54) is 0 Å². The molecule has 1 unspecified atom stereocenters. The van der Waals surface area contributed by atoms with Gasteiger partial charge in [-0.15, -0.1) is 4.40 Å². The van der Waals surface area contributed by atoms with Gasteiger partial charge in [0, 0.05) is 24.2 Å². The Hall–Kier alpha value is -3.20. The second-order valence-electron chi connectivity index (χ2n) is 7.99. The minimum Gasteiger partial charge on any atom is -0.348 e. The molecule has 2 amide bonds. The third kappa shape index (κ3) is 4.25. The molecule has 1 saturated heterocycles. The Labute approximate surface area is 187 Å². The predicted molar refractivity (Wildman–Crippen MR) is 122 cm³/mol. The van der Waals surface area contributed by atoms with Crippen molar-refractivity contribution < 1.29 is 18.0 Å². The van der Waals surface area contributed by atoms with Crippen LogP contribution < -0.4 is 10.6 Å². The number of benzene rings is 2. The summed E-state index contributed by atoms with van der Waals surface area (Å²) in [5, 5.41) is 5.84. The second kappa shape index (κ2) is 8.74. The Balaban J connectivity index is 1.47. The molecule has 0 saturated carbocycles. The standard InChI is InChI=1S/C23H26N4O4S/c1-3-21(28)25-17-12-10-16(11-13-17)15(2)24-23(29)19-8-6-14-27(19)22-18-7-4-5-9-20(18)32(30,31)26-22/h4-5,7,9-13,15,19H,3,6,8,14H2,1-2H3,(H,24,29)(H,25,28)/t15?,19-/m0/s1. The number of nitrogens with zero attached hydrogens (tertiary/aromatic N) is 2. The van der Waals surface area contributed by atoms with Gasteiger partial charge in [0.25, 0.3) is 10.0 Å². The van der Waals surface area contributed by atoms with Gasteiger partial charge in [0.2, 0.25) is 11.8 Å². The van der Waals surface area contributed by atoms with Gasteiger partial charge in [-0.05, 0) is 49.6 Å². The molecule has 8 nitrogen and oxygen atoms in total. The van der Waals surface area contributed by atoms with Gasteiger partial charge in [-0.2, -0.15) is 8.42 Å². The molecular weight excluding hydrogens is 428 g/mol. The fraction of sp³-hybridized carbons (Fsp3) is 0.348. The van der Waals surface area contributed by atoms with E-state index in [0.29, 0.717) is 36.5 Å². The van der Waals surface area contributed by atoms with Crippen LogP contribution in [0, 0.1) is 0 Å². The molecule has 0 spiro atoms. The van der Waals surface area contributed by atoms with Crippen LogP contribution in [-0.4, -0.2) is 43.6 Å². The highest BCUT2D eigenvalue weighted by atomic mass is 32.2. The number of fused-ring (bicyclic) bond motifs is 1. The number of amides is 2. The van der Waals surface area contributed by atoms with E-state index in [-0.39, 0.29) is 22.8 Å². The zero-order chi connectivity index (χ0) is 22.9. The SMILES string of the molecule is CCC(=O)Nc1ccc(C(C)NC(=O)[C@@H]2CCCN2C2=NS(=O)(=O)c3ccccc32)cc1. The first-order valence-corrected chi connectivity index (χ1v) is 12.2. The predicted octanol–water partition coefficient (Wildman–Crippen LogP) is 2.83. The quantitative estimate of drug-likeness (QED) is 0.722. The third-order valence-corrected chi connectivity index (χ3v) is 7.14. The number of anilines is 1. The van der Waals surface area contributed by atoms with Crippen molar-refractivity contribution in [2.24, 2.45) is 4.40 Å². The average molecular weight is 455 g/mol. The molecule has 2 heterocycles. The number of hydrogen-bond donors (Lipinski definition) is 2. The van der Waals surface area contributed by atoms with E-state index < -0.39 is 16.1 Å². The summed E-state index contributed by atoms with van der Waals surface area (Å²) in [6.07, 6.45) is 1.81. The van der Waals surface area contributed by atoms with Crippen LogP contribution in [0.5, 0.6) is 0 Å². The number of nitrogens with one attached hydrogen (secondary N) is 2. The van der Waals surface area contributed by atoms with Gasteiger partial charge in [0.1, 0.15) is 10.9 Å². The fourth-order valence-electron chi connectivity index (χ4n) is 4.09. The van der Waals surface area contributed by atoms with Crippen molar-refractivity contribution in [2.45, 2.75) is 50.1 Å². The van der Waals surface area contributed by atoms with E-state index in [0.717, 1.165) is 12.0 Å². The van der Waals surface area contributed by atoms with E-state index in [1.54, 1.807) is 36.1 Å². The number of likely N-dealkylation sites (tertiary alicyclic amines) is 1. The lowest BCUT2D eigenvalue weighted by atomic mass is 10.1. The van der Waals surface area contributed by atoms with Gasteiger partial charge < -0.3 is 15.5 Å². The largest absolute Gasteiger partial charge is 0.348 e. The van der Waals surface area contributed by atoms with Crippen LogP contribution in [0.25, 0.3) is 0 Å². The van der Waals surface area contributed by atoms with Crippen molar-refractivity contribution in [2.75, 3.05) is 11.9 Å². The monoisotopic (exact) mass is 454 g/mol. The highest BCUT2D eigenvalue weighted by molar-refractivity contribution is 7.90. The maximum Gasteiger partial charge on any atom is 0.285 e. The van der Waals surface area contributed by atoms with Gasteiger partial charge >= 0.3 is 0 Å². The Morgan fingerprint density at radius 3 is 2.59 bits per heavy atom. The van der Waals surface area contributed by atoms with Crippen LogP contribution in [0.1, 0.15) is 50.3 Å². The van der Waals surface area contributed by atoms with Crippen molar-refractivity contribution in [3.63, 3.8) is 0 Å². The summed E-state index contributed by atoms with van der Waals surface area (Å²) in [5.74, 6) is 0.128. The number of hydrogen-bond acceptors (Lipinski definition) is 5. The summed E-state index contributed by atoms with van der Waals surface area (Å²) in [5.41, 5.74) is 2.16. The van der Waals surface area contributed by atoms with Gasteiger partial charge in [-0.25, -0.2) is 0 Å². The first-order valence-electron chi connectivity index (χ1n) is 10.7. The van der Waals surface area contributed by atoms with Crippen LogP contribution in [-0.2, 0) is 19.6 Å². The molecule has 2 aromatic carbocycles. The summed E-state index contributed by atoms with van der Waals surface area (Å²) in [4.78, 5) is 26.6. The number of amidine groups is 1. The maximum absolute atomic E-state index is 13.1. The molecule has 0 aromatic heterocycles. The topological polar surface area (TPSA) is 108 Å². The molecule has 2 N–H and O–H groups in total. The van der Waals surface area contributed by atoms with Crippen molar-refractivity contribution in [3.05, 3.63) is 59.7 Å². The number of carbonyl (C=O) groups excluding carboxylic acids is 2. The minimum atomic E-state index is -3.74. The van der Waals surface area contributed by atoms with Crippen molar-refractivity contribution in [3.8, 4) is 0 Å². The zero-order valence-electron chi connectivity index (χ0n) is 18.0. The van der Waals surface area contributed by atoms with E-state index in [4.69, 9.17) is 0 Å². The van der Waals surface area contributed by atoms with Crippen molar-refractivity contribution in [1.29, 1.82) is 0 Å². The van der Waals surface area contributed by atoms with E-state index in [2.05, 4.69) is 15.0 Å². The molecule has 1 fully saturated rings. The molecule has 4 rings (SSSR count). The number of rotatable bonds is 5. The molecule has 32 heavy (non-hydrogen) atoms. The Morgan fingerprint density at radius 1 is 1.16 bits per heavy atom. The average Bonchev–Trinajstić information content (AvgIpc) is 3.37. The van der Waals surface area contributed by atoms with Crippen LogP contribution in [0.2, 0.25) is 0 Å². The lowest BCUT2D eigenvalue weighted by molar-refractivity contribution is -0.125. The highest BCUT2D eigenvalue weighted by Crippen LogP contribution is 2.31. The number of sulfonamides is 1. The van der Waals surface area contributed by atoms with Crippen LogP contribution in [0.15, 0.2) is 57.8 Å². The normalized spacial score (nSPS) is 19.8. The lowest BCUT2D eigenvalue weighted by Crippen LogP contribution is -2.46. The van der Waals surface area contributed by atoms with Crippen LogP contribution in [0.4, 0.5) is 5.69 Å². The molecule has 9 heteroatoms. The van der Waals surface area contributed by atoms with Gasteiger partial charge in [0.15, 0.2) is 5.84 Å². The first-order chi connectivity index (χ1) is 15.3. The molecular formula is C23H26N4O4S. The molecule has 0 aliphatic carbocycles. The van der Waals surface area contributed by atoms with Crippen molar-refractivity contribution >= 4 is 33.4 Å². The maximum atomic E-state index is 13.1. The molecule has 2 atom stereocenters. The van der Waals surface area contributed by atoms with Gasteiger partial charge in [0.05, 0.1) is 6.04 Å². The summed E-state index contributed by atoms with van der Waals surface area (Å²) >= 11 is 0. The van der Waals surface area contributed by atoms with Gasteiger partial charge in [-0.1, -0.05) is 31.2 Å². The first kappa shape index (κ1) is 22.0. The van der Waals surface area contributed by atoms with E-state index in [9.17, 15) is 18.0 Å². The Kier molecular flexibility index (Phi) is 6.01. The molecule has 2 aliphatic heterocycles. The molecule has 2 aromatic rings. The minimum absolute atomic E-state index is 0.0566. The third-order valence-electron chi connectivity index (χ3n) is 5.81. The summed E-state index contributed by atoms with van der Waals surface area (Å²) in [7, 11) is -3.74. The van der Waals surface area contributed by atoms with Crippen LogP contribution in [0.3, 0.4) is 0 Å². The molecule has 168 valence electrons. The second-order valence-corrected chi connectivity index (χ2v) is 9.56. The Morgan fingerprint density at radius 2 is 1.88 bits per heavy atom. The molecule has 0 bridgehead atoms. The fourth-order valence-corrected chi connectivity index (χ4v) is 5.30. The van der Waals surface area contributed by atoms with E-state index in [1.807, 2.05) is 31.2 Å². The summed E-state index contributed by atoms with van der Waals surface area (Å²) in [6.45, 7) is 4.25. The summed E-state index contributed by atoms with van der Waals surface area (Å²) in [6, 6.07) is 13.3. The van der Waals surface area contributed by atoms with Crippen molar-refractivity contribution in [1.82, 2.24) is 10.2 Å². The number of carbonyl (C=O) groups is 2. The van der Waals surface area contributed by atoms with Crippen LogP contribution >= 0.6 is 0 Å². The smallest absolute Gasteiger partial charge is 0.285 e. The zero-order valence-corrected chi connectivity index (χ0v) is 18.9. The molecule has 0 radical (unpaired) electrons. The summed E-state index contributed by atoms with van der Waals surface area (Å²) < 4.78 is 28.8. The Bertz CT molecular complexity index is 1170. The molecule has 2 aliphatic rings. The highest BCUT2D eigenvalue weighted by Gasteiger charge is 2.39. The lowest BCUT2D eigenvalue weighted by Gasteiger charge is -2.27.